The SMILES string of the molecule is CCN1C[C@@H](C(=O)NCc2ccc(F)c(Cl)c2)CC1=O. The summed E-state index contributed by atoms with van der Waals surface area (Å²) in [5.41, 5.74) is 0.724. The number of nitrogens with zero attached hydrogens (tertiary/aromatic N) is 1. The fraction of sp³-hybridized carbons (Fsp3) is 0.429. The topological polar surface area (TPSA) is 49.4 Å². The number of carbonyl (C=O) groups is 2. The van der Waals surface area contributed by atoms with Crippen molar-refractivity contribution in [3.63, 3.8) is 0 Å². The van der Waals surface area contributed by atoms with Gasteiger partial charge in [-0.05, 0) is 24.6 Å². The van der Waals surface area contributed by atoms with Gasteiger partial charge in [-0.1, -0.05) is 17.7 Å². The van der Waals surface area contributed by atoms with Crippen LogP contribution in [0.4, 0.5) is 4.39 Å². The molecule has 0 aliphatic carbocycles. The highest BCUT2D eigenvalue weighted by Crippen LogP contribution is 2.18. The number of hydrogen-bond donors (Lipinski definition) is 1. The summed E-state index contributed by atoms with van der Waals surface area (Å²) in [6, 6.07) is 4.32. The van der Waals surface area contributed by atoms with Gasteiger partial charge in [0.1, 0.15) is 5.82 Å². The van der Waals surface area contributed by atoms with Crippen molar-refractivity contribution in [2.45, 2.75) is 19.9 Å². The lowest BCUT2D eigenvalue weighted by Crippen LogP contribution is -2.32. The third-order valence-electron chi connectivity index (χ3n) is 3.42. The molecule has 1 aromatic rings. The van der Waals surface area contributed by atoms with E-state index in [9.17, 15) is 14.0 Å². The van der Waals surface area contributed by atoms with E-state index in [1.54, 1.807) is 11.0 Å². The molecule has 0 aromatic heterocycles. The summed E-state index contributed by atoms with van der Waals surface area (Å²) in [7, 11) is 0. The molecule has 108 valence electrons. The van der Waals surface area contributed by atoms with E-state index < -0.39 is 5.82 Å². The van der Waals surface area contributed by atoms with Crippen LogP contribution in [0.25, 0.3) is 0 Å². The number of nitrogens with one attached hydrogen (secondary N) is 1. The zero-order valence-corrected chi connectivity index (χ0v) is 11.9. The Morgan fingerprint density at radius 1 is 1.55 bits per heavy atom. The Labute approximate surface area is 121 Å². The summed E-state index contributed by atoms with van der Waals surface area (Å²) >= 11 is 5.67. The van der Waals surface area contributed by atoms with Crippen LogP contribution in [0.15, 0.2) is 18.2 Å². The van der Waals surface area contributed by atoms with E-state index in [4.69, 9.17) is 11.6 Å². The first-order valence-corrected chi connectivity index (χ1v) is 6.88. The Morgan fingerprint density at radius 3 is 2.90 bits per heavy atom. The van der Waals surface area contributed by atoms with E-state index in [0.29, 0.717) is 13.1 Å². The number of likely N-dealkylation sites (tertiary alicyclic amines) is 1. The predicted octanol–water partition coefficient (Wildman–Crippen LogP) is 1.96. The van der Waals surface area contributed by atoms with Gasteiger partial charge in [0.25, 0.3) is 0 Å². The van der Waals surface area contributed by atoms with Crippen molar-refractivity contribution in [3.05, 3.63) is 34.6 Å². The van der Waals surface area contributed by atoms with Gasteiger partial charge in [-0.25, -0.2) is 4.39 Å². The quantitative estimate of drug-likeness (QED) is 0.924. The summed E-state index contributed by atoms with van der Waals surface area (Å²) in [6.45, 7) is 3.25. The molecule has 0 bridgehead atoms. The van der Waals surface area contributed by atoms with Crippen LogP contribution < -0.4 is 5.32 Å². The summed E-state index contributed by atoms with van der Waals surface area (Å²) in [5.74, 6) is -0.938. The van der Waals surface area contributed by atoms with Gasteiger partial charge in [0.2, 0.25) is 11.8 Å². The minimum Gasteiger partial charge on any atom is -0.352 e. The fourth-order valence-corrected chi connectivity index (χ4v) is 2.44. The first kappa shape index (κ1) is 14.8. The van der Waals surface area contributed by atoms with Crippen molar-refractivity contribution in [3.8, 4) is 0 Å². The van der Waals surface area contributed by atoms with Crippen molar-refractivity contribution in [1.29, 1.82) is 0 Å². The predicted molar refractivity (Wildman–Crippen MR) is 73.6 cm³/mol. The lowest BCUT2D eigenvalue weighted by molar-refractivity contribution is -0.128. The lowest BCUT2D eigenvalue weighted by Gasteiger charge is -2.13. The fourth-order valence-electron chi connectivity index (χ4n) is 2.24. The number of rotatable bonds is 4. The molecule has 1 N–H and O–H groups in total. The van der Waals surface area contributed by atoms with Crippen LogP contribution in [0.2, 0.25) is 5.02 Å². The van der Waals surface area contributed by atoms with Gasteiger partial charge in [0.15, 0.2) is 0 Å². The Bertz CT molecular complexity index is 536. The van der Waals surface area contributed by atoms with Gasteiger partial charge >= 0.3 is 0 Å². The van der Waals surface area contributed by atoms with Crippen molar-refractivity contribution < 1.29 is 14.0 Å². The second kappa shape index (κ2) is 6.22. The molecular weight excluding hydrogens is 283 g/mol. The molecule has 0 saturated carbocycles. The highest BCUT2D eigenvalue weighted by Gasteiger charge is 2.33. The molecule has 1 aromatic carbocycles. The van der Waals surface area contributed by atoms with E-state index in [-0.39, 0.29) is 35.7 Å². The van der Waals surface area contributed by atoms with Crippen LogP contribution in [0, 0.1) is 11.7 Å². The molecule has 1 aliphatic heterocycles. The third-order valence-corrected chi connectivity index (χ3v) is 3.71. The summed E-state index contributed by atoms with van der Waals surface area (Å²) in [5, 5.41) is 2.79. The standard InChI is InChI=1S/C14H16ClFN2O2/c1-2-18-8-10(6-13(18)19)14(20)17-7-9-3-4-12(16)11(15)5-9/h3-5,10H,2,6-8H2,1H3,(H,17,20)/t10-/m0/s1. The minimum atomic E-state index is -0.485. The maximum absolute atomic E-state index is 13.0. The molecule has 1 aliphatic rings. The Hall–Kier alpha value is -1.62. The number of hydrogen-bond acceptors (Lipinski definition) is 2. The van der Waals surface area contributed by atoms with Gasteiger partial charge in [0, 0.05) is 26.1 Å². The largest absolute Gasteiger partial charge is 0.352 e. The molecule has 0 spiro atoms. The smallest absolute Gasteiger partial charge is 0.225 e. The average molecular weight is 299 g/mol. The minimum absolute atomic E-state index is 0.0116. The van der Waals surface area contributed by atoms with E-state index in [1.165, 1.54) is 12.1 Å². The average Bonchev–Trinajstić information content (AvgIpc) is 2.81. The van der Waals surface area contributed by atoms with Crippen LogP contribution in [0.3, 0.4) is 0 Å². The molecule has 0 radical (unpaired) electrons. The van der Waals surface area contributed by atoms with Crippen molar-refractivity contribution in [2.75, 3.05) is 13.1 Å². The molecule has 2 amide bonds. The summed E-state index contributed by atoms with van der Waals surface area (Å²) in [4.78, 5) is 25.2. The Balaban J connectivity index is 1.89. The second-order valence-corrected chi connectivity index (χ2v) is 5.21. The molecule has 4 nitrogen and oxygen atoms in total. The van der Waals surface area contributed by atoms with Crippen LogP contribution in [0.1, 0.15) is 18.9 Å². The van der Waals surface area contributed by atoms with Crippen molar-refractivity contribution >= 4 is 23.4 Å². The summed E-state index contributed by atoms with van der Waals surface area (Å²) < 4.78 is 13.0. The van der Waals surface area contributed by atoms with Gasteiger partial charge in [0.05, 0.1) is 10.9 Å². The molecule has 2 rings (SSSR count). The van der Waals surface area contributed by atoms with Gasteiger partial charge in [-0.2, -0.15) is 0 Å². The number of carbonyl (C=O) groups excluding carboxylic acids is 2. The molecule has 1 fully saturated rings. The molecule has 1 heterocycles. The lowest BCUT2D eigenvalue weighted by atomic mass is 10.1. The summed E-state index contributed by atoms with van der Waals surface area (Å²) in [6.07, 6.45) is 0.254. The number of halogens is 2. The van der Waals surface area contributed by atoms with Crippen LogP contribution >= 0.6 is 11.6 Å². The van der Waals surface area contributed by atoms with Crippen LogP contribution in [0.5, 0.6) is 0 Å². The van der Waals surface area contributed by atoms with Crippen molar-refractivity contribution in [1.82, 2.24) is 10.2 Å². The highest BCUT2D eigenvalue weighted by atomic mass is 35.5. The highest BCUT2D eigenvalue weighted by molar-refractivity contribution is 6.30. The van der Waals surface area contributed by atoms with E-state index in [2.05, 4.69) is 5.32 Å². The number of benzene rings is 1. The number of amides is 2. The Morgan fingerprint density at radius 2 is 2.30 bits per heavy atom. The first-order chi connectivity index (χ1) is 9.51. The normalized spacial score (nSPS) is 18.4. The van der Waals surface area contributed by atoms with Crippen molar-refractivity contribution in [2.24, 2.45) is 5.92 Å². The molecular formula is C14H16ClFN2O2. The zero-order valence-electron chi connectivity index (χ0n) is 11.2. The molecule has 1 saturated heterocycles. The first-order valence-electron chi connectivity index (χ1n) is 6.50. The zero-order chi connectivity index (χ0) is 14.7. The molecule has 1 atom stereocenters. The van der Waals surface area contributed by atoms with E-state index >= 15 is 0 Å². The molecule has 0 unspecified atom stereocenters. The van der Waals surface area contributed by atoms with E-state index in [1.807, 2.05) is 6.92 Å². The van der Waals surface area contributed by atoms with Gasteiger partial charge in [-0.15, -0.1) is 0 Å². The monoisotopic (exact) mass is 298 g/mol. The van der Waals surface area contributed by atoms with Crippen LogP contribution in [-0.4, -0.2) is 29.8 Å². The maximum atomic E-state index is 13.0. The molecule has 20 heavy (non-hydrogen) atoms. The van der Waals surface area contributed by atoms with Crippen LogP contribution in [-0.2, 0) is 16.1 Å². The second-order valence-electron chi connectivity index (χ2n) is 4.80. The van der Waals surface area contributed by atoms with E-state index in [0.717, 1.165) is 5.56 Å². The Kier molecular flexibility index (Phi) is 4.60. The maximum Gasteiger partial charge on any atom is 0.225 e. The van der Waals surface area contributed by atoms with Gasteiger partial charge < -0.3 is 10.2 Å². The molecule has 6 heteroatoms. The third kappa shape index (κ3) is 3.28. The van der Waals surface area contributed by atoms with Gasteiger partial charge in [-0.3, -0.25) is 9.59 Å².